The number of thiophene rings is 1. The van der Waals surface area contributed by atoms with Crippen LogP contribution < -0.4 is 9.47 Å². The summed E-state index contributed by atoms with van der Waals surface area (Å²) in [6.07, 6.45) is 2.84. The molecule has 3 aromatic carbocycles. The van der Waals surface area contributed by atoms with Gasteiger partial charge in [0, 0.05) is 41.0 Å². The summed E-state index contributed by atoms with van der Waals surface area (Å²) in [5.41, 5.74) is 1.06. The van der Waals surface area contributed by atoms with E-state index < -0.39 is 0 Å². The minimum Gasteiger partial charge on any atom is -0.508 e. The summed E-state index contributed by atoms with van der Waals surface area (Å²) in [5, 5.41) is 10.9. The molecule has 0 atom stereocenters. The van der Waals surface area contributed by atoms with Crippen LogP contribution in [0.2, 0.25) is 0 Å². The quantitative estimate of drug-likeness (QED) is 0.154. The number of phenolic OH excluding ortho intramolecular Hbond substituents is 1. The van der Waals surface area contributed by atoms with E-state index in [1.165, 1.54) is 0 Å². The van der Waals surface area contributed by atoms with E-state index in [2.05, 4.69) is 28.1 Å². The molecule has 4 aromatic rings. The van der Waals surface area contributed by atoms with Gasteiger partial charge in [-0.3, -0.25) is 0 Å². The van der Waals surface area contributed by atoms with Crippen LogP contribution >= 0.6 is 27.3 Å². The lowest BCUT2D eigenvalue weighted by atomic mass is 10.1. The van der Waals surface area contributed by atoms with Crippen LogP contribution in [-0.4, -0.2) is 38.1 Å². The second kappa shape index (κ2) is 13.7. The van der Waals surface area contributed by atoms with Crippen molar-refractivity contribution in [3.8, 4) is 33.4 Å². The van der Waals surface area contributed by atoms with Gasteiger partial charge in [0.15, 0.2) is 5.75 Å². The molecule has 1 aromatic heterocycles. The Morgan fingerprint density at radius 3 is 2.25 bits per heavy atom. The molecule has 0 fully saturated rings. The van der Waals surface area contributed by atoms with Gasteiger partial charge in [-0.2, -0.15) is 0 Å². The van der Waals surface area contributed by atoms with Gasteiger partial charge in [0.1, 0.15) is 17.2 Å². The average molecular weight is 572 g/mol. The van der Waals surface area contributed by atoms with Crippen molar-refractivity contribution in [2.24, 2.45) is 0 Å². The highest BCUT2D eigenvalue weighted by Gasteiger charge is 2.17. The van der Waals surface area contributed by atoms with Crippen LogP contribution in [0.3, 0.4) is 0 Å². The zero-order chi connectivity index (χ0) is 25.2. The first-order valence-electron chi connectivity index (χ1n) is 12.2. The lowest BCUT2D eigenvalue weighted by Crippen LogP contribution is -2.04. The summed E-state index contributed by atoms with van der Waals surface area (Å²) in [7, 11) is 0. The van der Waals surface area contributed by atoms with Crippen molar-refractivity contribution in [2.45, 2.75) is 26.2 Å². The highest BCUT2D eigenvalue weighted by molar-refractivity contribution is 9.10. The molecule has 1 N–H and O–H groups in total. The van der Waals surface area contributed by atoms with E-state index in [-0.39, 0.29) is 5.75 Å². The fraction of sp³-hybridized carbons (Fsp3) is 0.310. The monoisotopic (exact) mass is 570 g/mol. The third-order valence-corrected chi connectivity index (χ3v) is 7.22. The molecule has 0 radical (unpaired) electrons. The molecule has 0 bridgehead atoms. The summed E-state index contributed by atoms with van der Waals surface area (Å²) < 4.78 is 25.2. The fourth-order valence-corrected chi connectivity index (χ4v) is 5.11. The summed E-state index contributed by atoms with van der Waals surface area (Å²) in [5.74, 6) is 2.57. The number of phenols is 1. The lowest BCUT2D eigenvalue weighted by Gasteiger charge is -2.10. The van der Waals surface area contributed by atoms with Crippen LogP contribution in [-0.2, 0) is 9.47 Å². The summed E-state index contributed by atoms with van der Waals surface area (Å²) in [6.45, 7) is 5.66. The number of rotatable bonds is 14. The predicted molar refractivity (Wildman–Crippen MR) is 150 cm³/mol. The molecule has 0 spiro atoms. The van der Waals surface area contributed by atoms with Crippen LogP contribution in [0.1, 0.15) is 26.2 Å². The molecule has 7 heteroatoms. The fourth-order valence-electron chi connectivity index (χ4n) is 3.68. The van der Waals surface area contributed by atoms with Gasteiger partial charge in [-0.05, 0) is 86.3 Å². The Morgan fingerprint density at radius 2 is 1.47 bits per heavy atom. The second-order valence-electron chi connectivity index (χ2n) is 8.24. The normalized spacial score (nSPS) is 11.2. The summed E-state index contributed by atoms with van der Waals surface area (Å²) >= 11 is 5.10. The van der Waals surface area contributed by atoms with Gasteiger partial charge in [-0.1, -0.05) is 28.1 Å². The van der Waals surface area contributed by atoms with Gasteiger partial charge >= 0.3 is 0 Å². The Labute approximate surface area is 224 Å². The molecule has 1 heterocycles. The Balaban J connectivity index is 1.33. The van der Waals surface area contributed by atoms with Crippen LogP contribution in [0, 0.1) is 0 Å². The Kier molecular flexibility index (Phi) is 10.0. The number of halogens is 1. The molecule has 0 amide bonds. The van der Waals surface area contributed by atoms with Crippen molar-refractivity contribution in [2.75, 3.05) is 33.0 Å². The first-order chi connectivity index (χ1) is 17.6. The molecule has 0 saturated heterocycles. The molecular weight excluding hydrogens is 540 g/mol. The maximum absolute atomic E-state index is 9.96. The lowest BCUT2D eigenvalue weighted by molar-refractivity contribution is 0.0848. The SMILES string of the molecule is CCOCCCOCCCCOc1ccc(Oc2c(-c3ccc(Br)cc3)sc3cc(O)ccc23)cc1. The zero-order valence-corrected chi connectivity index (χ0v) is 22.8. The topological polar surface area (TPSA) is 57.2 Å². The van der Waals surface area contributed by atoms with Crippen molar-refractivity contribution in [3.63, 3.8) is 0 Å². The van der Waals surface area contributed by atoms with E-state index in [0.29, 0.717) is 6.61 Å². The highest BCUT2D eigenvalue weighted by Crippen LogP contribution is 2.47. The maximum Gasteiger partial charge on any atom is 0.153 e. The van der Waals surface area contributed by atoms with Crippen LogP contribution in [0.15, 0.2) is 71.2 Å². The van der Waals surface area contributed by atoms with Crippen molar-refractivity contribution >= 4 is 37.4 Å². The second-order valence-corrected chi connectivity index (χ2v) is 10.2. The van der Waals surface area contributed by atoms with E-state index in [4.69, 9.17) is 18.9 Å². The first-order valence-corrected chi connectivity index (χ1v) is 13.8. The van der Waals surface area contributed by atoms with Crippen molar-refractivity contribution < 1.29 is 24.1 Å². The Hall–Kier alpha value is -2.58. The number of hydrogen-bond acceptors (Lipinski definition) is 6. The Bertz CT molecular complexity index is 1220. The molecule has 0 aliphatic heterocycles. The van der Waals surface area contributed by atoms with Crippen molar-refractivity contribution in [1.82, 2.24) is 0 Å². The van der Waals surface area contributed by atoms with E-state index in [1.54, 1.807) is 23.5 Å². The van der Waals surface area contributed by atoms with Gasteiger partial charge in [0.25, 0.3) is 0 Å². The van der Waals surface area contributed by atoms with E-state index in [1.807, 2.05) is 49.4 Å². The van der Waals surface area contributed by atoms with Gasteiger partial charge in [-0.25, -0.2) is 0 Å². The number of benzene rings is 3. The molecule has 0 aliphatic rings. The standard InChI is InChI=1S/C29H31BrO5S/c1-2-32-17-5-18-33-16-3-4-19-34-24-11-13-25(14-12-24)35-28-26-15-10-23(31)20-27(26)36-29(28)21-6-8-22(30)9-7-21/h6-15,20,31H,2-5,16-19H2,1H3. The zero-order valence-electron chi connectivity index (χ0n) is 20.4. The smallest absolute Gasteiger partial charge is 0.153 e. The largest absolute Gasteiger partial charge is 0.508 e. The molecule has 4 rings (SSSR count). The van der Waals surface area contributed by atoms with Crippen molar-refractivity contribution in [3.05, 3.63) is 71.2 Å². The van der Waals surface area contributed by atoms with Gasteiger partial charge in [-0.15, -0.1) is 11.3 Å². The van der Waals surface area contributed by atoms with Gasteiger partial charge < -0.3 is 24.1 Å². The Morgan fingerprint density at radius 1 is 0.778 bits per heavy atom. The predicted octanol–water partition coefficient (Wildman–Crippen LogP) is 8.43. The van der Waals surface area contributed by atoms with Crippen molar-refractivity contribution in [1.29, 1.82) is 0 Å². The number of ether oxygens (including phenoxy) is 4. The molecule has 0 saturated carbocycles. The van der Waals surface area contributed by atoms with Crippen LogP contribution in [0.4, 0.5) is 0 Å². The summed E-state index contributed by atoms with van der Waals surface area (Å²) in [6, 6.07) is 21.2. The first kappa shape index (κ1) is 26.5. The van der Waals surface area contributed by atoms with E-state index in [0.717, 1.165) is 87.9 Å². The van der Waals surface area contributed by atoms with E-state index in [9.17, 15) is 5.11 Å². The van der Waals surface area contributed by atoms with Gasteiger partial charge in [0.05, 0.1) is 11.5 Å². The number of aromatic hydroxyl groups is 1. The van der Waals surface area contributed by atoms with Crippen LogP contribution in [0.25, 0.3) is 20.5 Å². The van der Waals surface area contributed by atoms with Gasteiger partial charge in [0.2, 0.25) is 0 Å². The molecule has 5 nitrogen and oxygen atoms in total. The molecule has 190 valence electrons. The third kappa shape index (κ3) is 7.46. The number of unbranched alkanes of at least 4 members (excludes halogenated alkanes) is 1. The molecule has 0 aliphatic carbocycles. The molecule has 0 unspecified atom stereocenters. The summed E-state index contributed by atoms with van der Waals surface area (Å²) in [4.78, 5) is 1.02. The molecular formula is C29H31BrO5S. The average Bonchev–Trinajstić information content (AvgIpc) is 3.23. The highest BCUT2D eigenvalue weighted by atomic mass is 79.9. The number of hydrogen-bond donors (Lipinski definition) is 1. The molecule has 36 heavy (non-hydrogen) atoms. The minimum atomic E-state index is 0.243. The minimum absolute atomic E-state index is 0.243. The maximum atomic E-state index is 9.96. The third-order valence-electron chi connectivity index (χ3n) is 5.51. The van der Waals surface area contributed by atoms with E-state index >= 15 is 0 Å². The van der Waals surface area contributed by atoms with Crippen LogP contribution in [0.5, 0.6) is 23.0 Å². The number of fused-ring (bicyclic) bond motifs is 1.